The molecule has 0 fully saturated rings. The predicted octanol–water partition coefficient (Wildman–Crippen LogP) is 3.04. The van der Waals surface area contributed by atoms with Crippen molar-refractivity contribution in [2.75, 3.05) is 20.0 Å². The highest BCUT2D eigenvalue weighted by Crippen LogP contribution is 2.27. The smallest absolute Gasteiger partial charge is 0.331 e. The Bertz CT molecular complexity index is 693. The number of benzene rings is 2. The Hall–Kier alpha value is -2.95. The average Bonchev–Trinajstić information content (AvgIpc) is 2.59. The van der Waals surface area contributed by atoms with Crippen LogP contribution in [0.2, 0.25) is 0 Å². The maximum Gasteiger partial charge on any atom is 0.331 e. The van der Waals surface area contributed by atoms with Gasteiger partial charge in [-0.1, -0.05) is 18.2 Å². The first-order chi connectivity index (χ1) is 11.1. The Morgan fingerprint density at radius 2 is 1.74 bits per heavy atom. The lowest BCUT2D eigenvalue weighted by Crippen LogP contribution is -2.00. The first kappa shape index (κ1) is 16.4. The Kier molecular flexibility index (Phi) is 5.63. The minimum absolute atomic E-state index is 0.204. The van der Waals surface area contributed by atoms with Gasteiger partial charge in [-0.15, -0.1) is 0 Å². The molecule has 0 bridgehead atoms. The van der Waals surface area contributed by atoms with Crippen LogP contribution in [0.4, 0.5) is 5.69 Å². The monoisotopic (exact) mass is 313 g/mol. The number of esters is 1. The van der Waals surface area contributed by atoms with Crippen molar-refractivity contribution in [2.24, 2.45) is 0 Å². The number of nitrogens with two attached hydrogens (primary N) is 1. The van der Waals surface area contributed by atoms with Crippen LogP contribution in [0.15, 0.2) is 48.5 Å². The molecule has 120 valence electrons. The van der Waals surface area contributed by atoms with E-state index in [1.165, 1.54) is 6.08 Å². The van der Waals surface area contributed by atoms with Gasteiger partial charge >= 0.3 is 5.97 Å². The van der Waals surface area contributed by atoms with E-state index in [1.807, 2.05) is 18.2 Å². The molecule has 0 atom stereocenters. The van der Waals surface area contributed by atoms with Crippen molar-refractivity contribution in [3.63, 3.8) is 0 Å². The second-order valence-corrected chi connectivity index (χ2v) is 4.80. The van der Waals surface area contributed by atoms with Crippen molar-refractivity contribution < 1.29 is 19.0 Å². The molecule has 0 aliphatic heterocycles. The molecular weight excluding hydrogens is 294 g/mol. The number of hydrogen-bond donors (Lipinski definition) is 1. The lowest BCUT2D eigenvalue weighted by atomic mass is 10.2. The van der Waals surface area contributed by atoms with E-state index in [1.54, 1.807) is 44.6 Å². The molecule has 0 aromatic heterocycles. The zero-order chi connectivity index (χ0) is 16.7. The summed E-state index contributed by atoms with van der Waals surface area (Å²) in [6, 6.07) is 12.6. The molecule has 2 aromatic rings. The Morgan fingerprint density at radius 1 is 1.04 bits per heavy atom. The number of methoxy groups -OCH3 is 2. The standard InChI is InChI=1S/C18H19NO4/c1-21-16-9-5-13(11-17(16)22-2)6-10-18(20)23-12-14-3-7-15(19)8-4-14/h3-11H,12,19H2,1-2H3/b10-6+. The van der Waals surface area contributed by atoms with Gasteiger partial charge in [-0.05, 0) is 41.5 Å². The molecule has 0 unspecified atom stereocenters. The van der Waals surface area contributed by atoms with Gasteiger partial charge in [0.05, 0.1) is 14.2 Å². The molecule has 0 saturated heterocycles. The van der Waals surface area contributed by atoms with Gasteiger partial charge in [-0.25, -0.2) is 4.79 Å². The Morgan fingerprint density at radius 3 is 2.39 bits per heavy atom. The number of nitrogen functional groups attached to an aromatic ring is 1. The lowest BCUT2D eigenvalue weighted by molar-refractivity contribution is -0.138. The summed E-state index contributed by atoms with van der Waals surface area (Å²) in [5, 5.41) is 0. The first-order valence-electron chi connectivity index (χ1n) is 7.03. The van der Waals surface area contributed by atoms with E-state index >= 15 is 0 Å². The topological polar surface area (TPSA) is 70.8 Å². The quantitative estimate of drug-likeness (QED) is 0.504. The van der Waals surface area contributed by atoms with E-state index in [0.717, 1.165) is 11.1 Å². The van der Waals surface area contributed by atoms with Crippen LogP contribution in [-0.4, -0.2) is 20.2 Å². The summed E-state index contributed by atoms with van der Waals surface area (Å²) in [7, 11) is 3.13. The van der Waals surface area contributed by atoms with Crippen molar-refractivity contribution in [3.8, 4) is 11.5 Å². The maximum atomic E-state index is 11.7. The summed E-state index contributed by atoms with van der Waals surface area (Å²) in [5.74, 6) is 0.817. The minimum atomic E-state index is -0.420. The number of carbonyl (C=O) groups is 1. The van der Waals surface area contributed by atoms with E-state index in [9.17, 15) is 4.79 Å². The van der Waals surface area contributed by atoms with Crippen LogP contribution >= 0.6 is 0 Å². The molecule has 0 saturated carbocycles. The van der Waals surface area contributed by atoms with Gasteiger partial charge in [-0.2, -0.15) is 0 Å². The van der Waals surface area contributed by atoms with Crippen LogP contribution in [0.1, 0.15) is 11.1 Å². The summed E-state index contributed by atoms with van der Waals surface area (Å²) in [5.41, 5.74) is 7.97. The van der Waals surface area contributed by atoms with Crippen LogP contribution in [0.25, 0.3) is 6.08 Å². The van der Waals surface area contributed by atoms with Gasteiger partial charge in [0.25, 0.3) is 0 Å². The SMILES string of the molecule is COc1ccc(/C=C/C(=O)OCc2ccc(N)cc2)cc1OC. The molecular formula is C18H19NO4. The van der Waals surface area contributed by atoms with Crippen LogP contribution in [0.3, 0.4) is 0 Å². The summed E-state index contributed by atoms with van der Waals surface area (Å²) < 4.78 is 15.5. The number of carbonyl (C=O) groups excluding carboxylic acids is 1. The molecule has 23 heavy (non-hydrogen) atoms. The normalized spacial score (nSPS) is 10.5. The third-order valence-electron chi connectivity index (χ3n) is 3.18. The molecule has 2 N–H and O–H groups in total. The van der Waals surface area contributed by atoms with Gasteiger partial charge in [0.15, 0.2) is 11.5 Å². The molecule has 5 nitrogen and oxygen atoms in total. The highest BCUT2D eigenvalue weighted by molar-refractivity contribution is 5.87. The molecule has 2 rings (SSSR count). The van der Waals surface area contributed by atoms with E-state index in [0.29, 0.717) is 17.2 Å². The molecule has 5 heteroatoms. The number of rotatable bonds is 6. The second kappa shape index (κ2) is 7.89. The van der Waals surface area contributed by atoms with Crippen molar-refractivity contribution in [1.82, 2.24) is 0 Å². The van der Waals surface area contributed by atoms with Crippen molar-refractivity contribution in [1.29, 1.82) is 0 Å². The zero-order valence-electron chi connectivity index (χ0n) is 13.1. The van der Waals surface area contributed by atoms with E-state index in [-0.39, 0.29) is 6.61 Å². The first-order valence-corrected chi connectivity index (χ1v) is 7.03. The fraction of sp³-hybridized carbons (Fsp3) is 0.167. The summed E-state index contributed by atoms with van der Waals surface area (Å²) >= 11 is 0. The van der Waals surface area contributed by atoms with Gasteiger partial charge in [0.1, 0.15) is 6.61 Å². The van der Waals surface area contributed by atoms with E-state index in [2.05, 4.69) is 0 Å². The van der Waals surface area contributed by atoms with Gasteiger partial charge in [0, 0.05) is 11.8 Å². The van der Waals surface area contributed by atoms with E-state index < -0.39 is 5.97 Å². The van der Waals surface area contributed by atoms with Gasteiger partial charge in [-0.3, -0.25) is 0 Å². The summed E-state index contributed by atoms with van der Waals surface area (Å²) in [6.45, 7) is 0.204. The number of ether oxygens (including phenoxy) is 3. The highest BCUT2D eigenvalue weighted by atomic mass is 16.5. The molecule has 0 aliphatic rings. The molecule has 0 amide bonds. The molecule has 2 aromatic carbocycles. The second-order valence-electron chi connectivity index (χ2n) is 4.80. The summed E-state index contributed by atoms with van der Waals surface area (Å²) in [6.07, 6.45) is 3.03. The van der Waals surface area contributed by atoms with Crippen molar-refractivity contribution >= 4 is 17.7 Å². The maximum absolute atomic E-state index is 11.7. The minimum Gasteiger partial charge on any atom is -0.493 e. The molecule has 0 radical (unpaired) electrons. The number of anilines is 1. The zero-order valence-corrected chi connectivity index (χ0v) is 13.1. The predicted molar refractivity (Wildman–Crippen MR) is 89.2 cm³/mol. The van der Waals surface area contributed by atoms with Crippen LogP contribution in [0.5, 0.6) is 11.5 Å². The van der Waals surface area contributed by atoms with Crippen LogP contribution in [0, 0.1) is 0 Å². The fourth-order valence-electron chi connectivity index (χ4n) is 1.94. The summed E-state index contributed by atoms with van der Waals surface area (Å²) in [4.78, 5) is 11.7. The molecule has 0 heterocycles. The molecule has 0 aliphatic carbocycles. The Balaban J connectivity index is 1.94. The largest absolute Gasteiger partial charge is 0.493 e. The average molecular weight is 313 g/mol. The van der Waals surface area contributed by atoms with Crippen molar-refractivity contribution in [3.05, 3.63) is 59.7 Å². The molecule has 0 spiro atoms. The fourth-order valence-corrected chi connectivity index (χ4v) is 1.94. The van der Waals surface area contributed by atoms with Gasteiger partial charge in [0.2, 0.25) is 0 Å². The third-order valence-corrected chi connectivity index (χ3v) is 3.18. The van der Waals surface area contributed by atoms with Crippen LogP contribution in [-0.2, 0) is 16.1 Å². The highest BCUT2D eigenvalue weighted by Gasteiger charge is 2.04. The Labute approximate surface area is 135 Å². The van der Waals surface area contributed by atoms with Gasteiger partial charge < -0.3 is 19.9 Å². The van der Waals surface area contributed by atoms with E-state index in [4.69, 9.17) is 19.9 Å². The lowest BCUT2D eigenvalue weighted by Gasteiger charge is -2.07. The third kappa shape index (κ3) is 4.78. The number of hydrogen-bond acceptors (Lipinski definition) is 5. The van der Waals surface area contributed by atoms with Crippen LogP contribution < -0.4 is 15.2 Å². The van der Waals surface area contributed by atoms with Crippen molar-refractivity contribution in [2.45, 2.75) is 6.61 Å².